The van der Waals surface area contributed by atoms with E-state index in [2.05, 4.69) is 39.9 Å². The highest BCUT2D eigenvalue weighted by Gasteiger charge is 2.34. The number of amides is 1. The summed E-state index contributed by atoms with van der Waals surface area (Å²) in [5, 5.41) is 3.32. The van der Waals surface area contributed by atoms with Gasteiger partial charge in [0.25, 0.3) is 0 Å². The summed E-state index contributed by atoms with van der Waals surface area (Å²) in [6, 6.07) is 0.0463. The molecule has 1 saturated heterocycles. The van der Waals surface area contributed by atoms with Crippen molar-refractivity contribution in [2.24, 2.45) is 11.3 Å². The molecule has 16 heavy (non-hydrogen) atoms. The van der Waals surface area contributed by atoms with Crippen molar-refractivity contribution >= 4 is 5.91 Å². The lowest BCUT2D eigenvalue weighted by molar-refractivity contribution is -0.130. The second kappa shape index (κ2) is 5.17. The predicted octanol–water partition coefficient (Wildman–Crippen LogP) is 2.23. The molecule has 2 unspecified atom stereocenters. The monoisotopic (exact) mass is 226 g/mol. The first kappa shape index (κ1) is 13.5. The van der Waals surface area contributed by atoms with Gasteiger partial charge in [-0.3, -0.25) is 10.1 Å². The van der Waals surface area contributed by atoms with Crippen LogP contribution < -0.4 is 5.32 Å². The molecule has 0 aliphatic carbocycles. The fourth-order valence-corrected chi connectivity index (χ4v) is 1.91. The summed E-state index contributed by atoms with van der Waals surface area (Å²) >= 11 is 0. The molecule has 1 amide bonds. The maximum atomic E-state index is 12.1. The minimum Gasteiger partial charge on any atom is -0.329 e. The van der Waals surface area contributed by atoms with Gasteiger partial charge < -0.3 is 4.90 Å². The summed E-state index contributed by atoms with van der Waals surface area (Å²) in [7, 11) is 0. The fourth-order valence-electron chi connectivity index (χ4n) is 1.91. The Morgan fingerprint density at radius 2 is 2.12 bits per heavy atom. The van der Waals surface area contributed by atoms with Gasteiger partial charge in [0.2, 0.25) is 5.91 Å². The van der Waals surface area contributed by atoms with Gasteiger partial charge in [0.1, 0.15) is 0 Å². The third-order valence-corrected chi connectivity index (χ3v) is 3.42. The van der Waals surface area contributed by atoms with E-state index < -0.39 is 0 Å². The van der Waals surface area contributed by atoms with E-state index in [9.17, 15) is 4.79 Å². The van der Waals surface area contributed by atoms with Crippen molar-refractivity contribution in [3.8, 4) is 0 Å². The molecule has 1 aliphatic heterocycles. The summed E-state index contributed by atoms with van der Waals surface area (Å²) in [4.78, 5) is 14.0. The Bertz CT molecular complexity index is 245. The Morgan fingerprint density at radius 3 is 2.62 bits per heavy atom. The Morgan fingerprint density at radius 1 is 1.50 bits per heavy atom. The van der Waals surface area contributed by atoms with Crippen LogP contribution in [0.5, 0.6) is 0 Å². The quantitative estimate of drug-likeness (QED) is 0.797. The summed E-state index contributed by atoms with van der Waals surface area (Å²) in [5.74, 6) is 0.728. The lowest BCUT2D eigenvalue weighted by Crippen LogP contribution is -2.36. The molecule has 1 aliphatic rings. The molecule has 1 N–H and O–H groups in total. The minimum atomic E-state index is 0.0463. The van der Waals surface area contributed by atoms with Gasteiger partial charge >= 0.3 is 0 Å². The van der Waals surface area contributed by atoms with Crippen LogP contribution in [-0.4, -0.2) is 30.1 Å². The van der Waals surface area contributed by atoms with Crippen LogP contribution >= 0.6 is 0 Å². The number of hydrogen-bond acceptors (Lipinski definition) is 2. The van der Waals surface area contributed by atoms with Gasteiger partial charge in [-0.05, 0) is 17.8 Å². The first-order valence-electron chi connectivity index (χ1n) is 6.37. The van der Waals surface area contributed by atoms with E-state index in [0.29, 0.717) is 17.2 Å². The molecule has 94 valence electrons. The summed E-state index contributed by atoms with van der Waals surface area (Å²) in [6.45, 7) is 12.5. The largest absolute Gasteiger partial charge is 0.329 e. The van der Waals surface area contributed by atoms with Crippen molar-refractivity contribution in [2.75, 3.05) is 13.2 Å². The Balaban J connectivity index is 2.45. The second-order valence-electron chi connectivity index (χ2n) is 6.14. The minimum absolute atomic E-state index is 0.0463. The van der Waals surface area contributed by atoms with Crippen LogP contribution in [0.3, 0.4) is 0 Å². The molecular formula is C13H26N2O. The van der Waals surface area contributed by atoms with Crippen LogP contribution in [0, 0.1) is 11.3 Å². The van der Waals surface area contributed by atoms with Gasteiger partial charge in [0.15, 0.2) is 0 Å². The number of nitrogens with one attached hydrogen (secondary N) is 1. The van der Waals surface area contributed by atoms with E-state index >= 15 is 0 Å². The van der Waals surface area contributed by atoms with Crippen molar-refractivity contribution in [2.45, 2.75) is 53.5 Å². The van der Waals surface area contributed by atoms with E-state index in [1.54, 1.807) is 0 Å². The molecule has 2 atom stereocenters. The zero-order chi connectivity index (χ0) is 12.3. The number of carbonyl (C=O) groups excluding carboxylic acids is 1. The van der Waals surface area contributed by atoms with E-state index in [-0.39, 0.29) is 6.04 Å². The highest BCUT2D eigenvalue weighted by Crippen LogP contribution is 2.21. The average molecular weight is 226 g/mol. The number of hydrogen-bond donors (Lipinski definition) is 1. The van der Waals surface area contributed by atoms with E-state index in [0.717, 1.165) is 26.1 Å². The zero-order valence-electron chi connectivity index (χ0n) is 11.3. The SMILES string of the molecule is CCC(C)C1NCN(CCC(C)(C)C)C1=O. The van der Waals surface area contributed by atoms with Crippen LogP contribution in [0.25, 0.3) is 0 Å². The standard InChI is InChI=1S/C13H26N2O/c1-6-10(2)11-12(16)15(9-14-11)8-7-13(3,4)5/h10-11,14H,6-9H2,1-5H3. The third-order valence-electron chi connectivity index (χ3n) is 3.42. The highest BCUT2D eigenvalue weighted by molar-refractivity contribution is 5.84. The number of carbonyl (C=O) groups is 1. The molecule has 0 bridgehead atoms. The van der Waals surface area contributed by atoms with Gasteiger partial charge in [-0.2, -0.15) is 0 Å². The van der Waals surface area contributed by atoms with Gasteiger partial charge in [-0.25, -0.2) is 0 Å². The Kier molecular flexibility index (Phi) is 4.36. The number of nitrogens with zero attached hydrogens (tertiary/aromatic N) is 1. The van der Waals surface area contributed by atoms with Crippen LogP contribution in [0.2, 0.25) is 0 Å². The molecule has 1 fully saturated rings. The molecule has 0 aromatic rings. The van der Waals surface area contributed by atoms with Gasteiger partial charge in [-0.1, -0.05) is 41.0 Å². The molecular weight excluding hydrogens is 200 g/mol. The van der Waals surface area contributed by atoms with Crippen molar-refractivity contribution in [1.82, 2.24) is 10.2 Å². The van der Waals surface area contributed by atoms with E-state index in [1.807, 2.05) is 4.90 Å². The molecule has 3 heteroatoms. The third kappa shape index (κ3) is 3.48. The van der Waals surface area contributed by atoms with E-state index in [4.69, 9.17) is 0 Å². The maximum Gasteiger partial charge on any atom is 0.241 e. The van der Waals surface area contributed by atoms with Gasteiger partial charge in [0, 0.05) is 6.54 Å². The molecule has 0 aromatic heterocycles. The Labute approximate surface area is 99.6 Å². The van der Waals surface area contributed by atoms with Gasteiger partial charge in [-0.15, -0.1) is 0 Å². The first-order chi connectivity index (χ1) is 7.35. The molecule has 1 rings (SSSR count). The molecule has 0 radical (unpaired) electrons. The molecule has 3 nitrogen and oxygen atoms in total. The normalized spacial score (nSPS) is 23.9. The lowest BCUT2D eigenvalue weighted by atomic mass is 9.92. The van der Waals surface area contributed by atoms with Crippen molar-refractivity contribution in [3.05, 3.63) is 0 Å². The van der Waals surface area contributed by atoms with E-state index in [1.165, 1.54) is 0 Å². The van der Waals surface area contributed by atoms with Crippen molar-refractivity contribution < 1.29 is 4.79 Å². The molecule has 0 spiro atoms. The number of rotatable bonds is 4. The van der Waals surface area contributed by atoms with Crippen molar-refractivity contribution in [3.63, 3.8) is 0 Å². The topological polar surface area (TPSA) is 32.3 Å². The molecule has 0 saturated carbocycles. The summed E-state index contributed by atoms with van der Waals surface area (Å²) in [5.41, 5.74) is 0.300. The van der Waals surface area contributed by atoms with Crippen molar-refractivity contribution in [1.29, 1.82) is 0 Å². The Hall–Kier alpha value is -0.570. The smallest absolute Gasteiger partial charge is 0.241 e. The maximum absolute atomic E-state index is 12.1. The summed E-state index contributed by atoms with van der Waals surface area (Å²) < 4.78 is 0. The average Bonchev–Trinajstić information content (AvgIpc) is 2.55. The van der Waals surface area contributed by atoms with Crippen LogP contribution in [0.1, 0.15) is 47.5 Å². The summed E-state index contributed by atoms with van der Waals surface area (Å²) in [6.07, 6.45) is 2.12. The zero-order valence-corrected chi connectivity index (χ0v) is 11.3. The predicted molar refractivity (Wildman–Crippen MR) is 67.0 cm³/mol. The van der Waals surface area contributed by atoms with Crippen LogP contribution in [0.4, 0.5) is 0 Å². The second-order valence-corrected chi connectivity index (χ2v) is 6.14. The molecule has 1 heterocycles. The van der Waals surface area contributed by atoms with Crippen LogP contribution in [0.15, 0.2) is 0 Å². The van der Waals surface area contributed by atoms with Crippen LogP contribution in [-0.2, 0) is 4.79 Å². The van der Waals surface area contributed by atoms with Gasteiger partial charge in [0.05, 0.1) is 12.7 Å². The first-order valence-corrected chi connectivity index (χ1v) is 6.37. The fraction of sp³-hybridized carbons (Fsp3) is 0.923. The highest BCUT2D eigenvalue weighted by atomic mass is 16.2. The molecule has 0 aromatic carbocycles. The lowest BCUT2D eigenvalue weighted by Gasteiger charge is -2.23.